The number of ether oxygens (including phenoxy) is 1. The largest absolute Gasteiger partial charge is 0.384 e. The normalized spacial score (nSPS) is 18.9. The minimum absolute atomic E-state index is 0.349. The van der Waals surface area contributed by atoms with Crippen LogP contribution in [0, 0.1) is 0 Å². The summed E-state index contributed by atoms with van der Waals surface area (Å²) in [5.41, 5.74) is 5.64. The van der Waals surface area contributed by atoms with Crippen molar-refractivity contribution in [1.82, 2.24) is 9.88 Å². The van der Waals surface area contributed by atoms with Crippen LogP contribution in [0.15, 0.2) is 18.2 Å². The first-order chi connectivity index (χ1) is 8.24. The maximum Gasteiger partial charge on any atom is 0.128 e. The summed E-state index contributed by atoms with van der Waals surface area (Å²) in [5, 5.41) is 3.36. The summed E-state index contributed by atoms with van der Waals surface area (Å²) in [7, 11) is 0. The van der Waals surface area contributed by atoms with Crippen molar-refractivity contribution in [2.75, 3.05) is 43.9 Å². The van der Waals surface area contributed by atoms with Crippen molar-refractivity contribution in [3.05, 3.63) is 18.2 Å². The lowest BCUT2D eigenvalue weighted by atomic mass is 10.3. The molecule has 1 aromatic rings. The number of nitrogen functional groups attached to an aromatic ring is 1. The fraction of sp³-hybridized carbons (Fsp3) is 0.583. The highest BCUT2D eigenvalue weighted by atomic mass is 16.5. The average Bonchev–Trinajstić information content (AvgIpc) is 2.30. The van der Waals surface area contributed by atoms with Gasteiger partial charge in [-0.3, -0.25) is 4.90 Å². The van der Waals surface area contributed by atoms with Crippen LogP contribution in [0.1, 0.15) is 6.92 Å². The van der Waals surface area contributed by atoms with Crippen molar-refractivity contribution in [3.63, 3.8) is 0 Å². The van der Waals surface area contributed by atoms with Gasteiger partial charge in [-0.1, -0.05) is 6.07 Å². The third kappa shape index (κ3) is 3.87. The van der Waals surface area contributed by atoms with Gasteiger partial charge >= 0.3 is 0 Å². The van der Waals surface area contributed by atoms with Crippen LogP contribution in [-0.2, 0) is 4.74 Å². The molecule has 0 amide bonds. The smallest absolute Gasteiger partial charge is 0.128 e. The number of anilines is 2. The molecule has 0 aromatic carbocycles. The molecule has 17 heavy (non-hydrogen) atoms. The number of nitrogens with one attached hydrogen (secondary N) is 1. The van der Waals surface area contributed by atoms with Gasteiger partial charge in [0.2, 0.25) is 0 Å². The van der Waals surface area contributed by atoms with Gasteiger partial charge in [0.15, 0.2) is 0 Å². The van der Waals surface area contributed by atoms with E-state index in [1.807, 2.05) is 12.1 Å². The molecule has 1 aliphatic rings. The summed E-state index contributed by atoms with van der Waals surface area (Å²) in [6, 6.07) is 5.98. The Hall–Kier alpha value is -1.33. The van der Waals surface area contributed by atoms with Crippen LogP contribution in [0.3, 0.4) is 0 Å². The molecule has 0 aliphatic carbocycles. The predicted octanol–water partition coefficient (Wildman–Crippen LogP) is 0.796. The molecule has 0 saturated carbocycles. The molecule has 1 saturated heterocycles. The molecule has 5 nitrogen and oxygen atoms in total. The van der Waals surface area contributed by atoms with Crippen LogP contribution in [0.2, 0.25) is 0 Å². The van der Waals surface area contributed by atoms with Crippen LogP contribution >= 0.6 is 0 Å². The second kappa shape index (κ2) is 5.84. The summed E-state index contributed by atoms with van der Waals surface area (Å²) in [6.45, 7) is 6.85. The fourth-order valence-electron chi connectivity index (χ4n) is 2.00. The monoisotopic (exact) mass is 236 g/mol. The standard InChI is InChI=1S/C12H20N4O/c1-10(9-16-5-7-17-8-6-16)14-12-4-2-3-11(13)15-12/h2-4,10H,5-9H2,1H3,(H3,13,14,15). The van der Waals surface area contributed by atoms with Crippen LogP contribution in [0.4, 0.5) is 11.6 Å². The van der Waals surface area contributed by atoms with E-state index in [1.165, 1.54) is 0 Å². The Morgan fingerprint density at radius 1 is 1.47 bits per heavy atom. The molecule has 1 unspecified atom stereocenters. The molecule has 94 valence electrons. The van der Waals surface area contributed by atoms with E-state index in [2.05, 4.69) is 22.1 Å². The predicted molar refractivity (Wildman–Crippen MR) is 69.0 cm³/mol. The van der Waals surface area contributed by atoms with Gasteiger partial charge in [0, 0.05) is 25.7 Å². The lowest BCUT2D eigenvalue weighted by molar-refractivity contribution is 0.0368. The van der Waals surface area contributed by atoms with Crippen molar-refractivity contribution < 1.29 is 4.74 Å². The summed E-state index contributed by atoms with van der Waals surface area (Å²) in [5.74, 6) is 1.39. The molecule has 1 aliphatic heterocycles. The van der Waals surface area contributed by atoms with E-state index in [1.54, 1.807) is 6.07 Å². The Kier molecular flexibility index (Phi) is 4.17. The summed E-state index contributed by atoms with van der Waals surface area (Å²) in [6.07, 6.45) is 0. The van der Waals surface area contributed by atoms with E-state index >= 15 is 0 Å². The zero-order chi connectivity index (χ0) is 12.1. The number of rotatable bonds is 4. The third-order valence-corrected chi connectivity index (χ3v) is 2.80. The molecular weight excluding hydrogens is 216 g/mol. The van der Waals surface area contributed by atoms with Gasteiger partial charge in [0.05, 0.1) is 13.2 Å². The number of pyridine rings is 1. The number of nitrogens with zero attached hydrogens (tertiary/aromatic N) is 2. The zero-order valence-electron chi connectivity index (χ0n) is 10.2. The lowest BCUT2D eigenvalue weighted by Gasteiger charge is -2.29. The maximum absolute atomic E-state index is 5.64. The van der Waals surface area contributed by atoms with E-state index in [0.717, 1.165) is 38.7 Å². The number of aromatic nitrogens is 1. The number of morpholine rings is 1. The van der Waals surface area contributed by atoms with Crippen molar-refractivity contribution in [3.8, 4) is 0 Å². The minimum atomic E-state index is 0.349. The topological polar surface area (TPSA) is 63.4 Å². The van der Waals surface area contributed by atoms with E-state index in [-0.39, 0.29) is 0 Å². The van der Waals surface area contributed by atoms with Gasteiger partial charge in [0.1, 0.15) is 11.6 Å². The molecular formula is C12H20N4O. The van der Waals surface area contributed by atoms with Gasteiger partial charge in [-0.25, -0.2) is 4.98 Å². The van der Waals surface area contributed by atoms with Crippen LogP contribution in [0.5, 0.6) is 0 Å². The first-order valence-electron chi connectivity index (χ1n) is 6.03. The van der Waals surface area contributed by atoms with E-state index < -0.39 is 0 Å². The minimum Gasteiger partial charge on any atom is -0.384 e. The molecule has 3 N–H and O–H groups in total. The quantitative estimate of drug-likeness (QED) is 0.809. The molecule has 0 radical (unpaired) electrons. The van der Waals surface area contributed by atoms with Crippen LogP contribution < -0.4 is 11.1 Å². The average molecular weight is 236 g/mol. The van der Waals surface area contributed by atoms with Gasteiger partial charge in [-0.15, -0.1) is 0 Å². The number of hydrogen-bond acceptors (Lipinski definition) is 5. The Balaban J connectivity index is 1.82. The van der Waals surface area contributed by atoms with Crippen LogP contribution in [0.25, 0.3) is 0 Å². The first-order valence-corrected chi connectivity index (χ1v) is 6.03. The second-order valence-corrected chi connectivity index (χ2v) is 4.41. The highest BCUT2D eigenvalue weighted by Crippen LogP contribution is 2.08. The fourth-order valence-corrected chi connectivity index (χ4v) is 2.00. The summed E-state index contributed by atoms with van der Waals surface area (Å²) >= 11 is 0. The van der Waals surface area contributed by atoms with E-state index in [4.69, 9.17) is 10.5 Å². The van der Waals surface area contributed by atoms with E-state index in [9.17, 15) is 0 Å². The van der Waals surface area contributed by atoms with Gasteiger partial charge in [0.25, 0.3) is 0 Å². The summed E-state index contributed by atoms with van der Waals surface area (Å²) in [4.78, 5) is 6.63. The zero-order valence-corrected chi connectivity index (χ0v) is 10.2. The molecule has 2 rings (SSSR count). The molecule has 1 aromatic heterocycles. The molecule has 5 heteroatoms. The highest BCUT2D eigenvalue weighted by molar-refractivity contribution is 5.42. The third-order valence-electron chi connectivity index (χ3n) is 2.80. The lowest BCUT2D eigenvalue weighted by Crippen LogP contribution is -2.42. The number of nitrogens with two attached hydrogens (primary N) is 1. The molecule has 1 fully saturated rings. The highest BCUT2D eigenvalue weighted by Gasteiger charge is 2.13. The summed E-state index contributed by atoms with van der Waals surface area (Å²) < 4.78 is 5.32. The van der Waals surface area contributed by atoms with Crippen molar-refractivity contribution >= 4 is 11.6 Å². The Morgan fingerprint density at radius 2 is 2.24 bits per heavy atom. The SMILES string of the molecule is CC(CN1CCOCC1)Nc1cccc(N)n1. The Labute approximate surface area is 102 Å². The second-order valence-electron chi connectivity index (χ2n) is 4.41. The first kappa shape index (κ1) is 12.1. The van der Waals surface area contributed by atoms with Gasteiger partial charge < -0.3 is 15.8 Å². The molecule has 2 heterocycles. The number of hydrogen-bond donors (Lipinski definition) is 2. The van der Waals surface area contributed by atoms with Gasteiger partial charge in [-0.2, -0.15) is 0 Å². The molecule has 0 spiro atoms. The van der Waals surface area contributed by atoms with E-state index in [0.29, 0.717) is 11.9 Å². The maximum atomic E-state index is 5.64. The van der Waals surface area contributed by atoms with Crippen molar-refractivity contribution in [2.24, 2.45) is 0 Å². The Morgan fingerprint density at radius 3 is 2.94 bits per heavy atom. The van der Waals surface area contributed by atoms with Gasteiger partial charge in [-0.05, 0) is 19.1 Å². The molecule has 0 bridgehead atoms. The Bertz CT molecular complexity index is 352. The molecule has 1 atom stereocenters. The van der Waals surface area contributed by atoms with Crippen molar-refractivity contribution in [1.29, 1.82) is 0 Å². The van der Waals surface area contributed by atoms with Crippen molar-refractivity contribution in [2.45, 2.75) is 13.0 Å². The van der Waals surface area contributed by atoms with Crippen LogP contribution in [-0.4, -0.2) is 48.8 Å².